The molecule has 0 fully saturated rings. The van der Waals surface area contributed by atoms with E-state index in [4.69, 9.17) is 16.3 Å². The van der Waals surface area contributed by atoms with Gasteiger partial charge < -0.3 is 10.1 Å². The second-order valence-electron chi connectivity index (χ2n) is 6.60. The van der Waals surface area contributed by atoms with Crippen molar-refractivity contribution < 1.29 is 9.53 Å². The Balaban J connectivity index is 1.55. The molecule has 30 heavy (non-hydrogen) atoms. The zero-order chi connectivity index (χ0) is 21.3. The summed E-state index contributed by atoms with van der Waals surface area (Å²) in [5, 5.41) is 12.7. The molecule has 1 N–H and O–H groups in total. The number of hydrogen-bond donors (Lipinski definition) is 1. The molecule has 2 aromatic carbocycles. The fourth-order valence-corrected chi connectivity index (χ4v) is 3.60. The second kappa shape index (κ2) is 10.8. The quantitative estimate of drug-likeness (QED) is 0.372. The third-order valence-corrected chi connectivity index (χ3v) is 5.42. The molecule has 0 saturated carbocycles. The molecule has 0 atom stereocenters. The van der Waals surface area contributed by atoms with E-state index in [-0.39, 0.29) is 18.3 Å². The van der Waals surface area contributed by atoms with E-state index in [9.17, 15) is 4.79 Å². The Kier molecular flexibility index (Phi) is 7.93. The van der Waals surface area contributed by atoms with Gasteiger partial charge in [-0.2, -0.15) is 0 Å². The molecule has 1 aromatic heterocycles. The topological polar surface area (TPSA) is 69.0 Å². The molecule has 0 bridgehead atoms. The highest BCUT2D eigenvalue weighted by Gasteiger charge is 2.14. The van der Waals surface area contributed by atoms with Gasteiger partial charge in [-0.3, -0.25) is 9.36 Å². The van der Waals surface area contributed by atoms with Gasteiger partial charge in [0.15, 0.2) is 11.0 Å². The Morgan fingerprint density at radius 1 is 1.27 bits per heavy atom. The van der Waals surface area contributed by atoms with Gasteiger partial charge in [0.25, 0.3) is 0 Å². The summed E-state index contributed by atoms with van der Waals surface area (Å²) in [5.74, 6) is 1.61. The standard InChI is InChI=1S/C22H23ClN4O2S/c1-3-11-27-20(14-29-19-6-4-5-16(2)12-19)25-26-22(27)30-15-21(28)24-13-17-7-9-18(23)10-8-17/h3-10,12H,1,11,13-15H2,2H3,(H,24,28). The number of aromatic nitrogens is 3. The van der Waals surface area contributed by atoms with Gasteiger partial charge in [0, 0.05) is 18.1 Å². The van der Waals surface area contributed by atoms with Gasteiger partial charge in [-0.1, -0.05) is 53.7 Å². The lowest BCUT2D eigenvalue weighted by atomic mass is 10.2. The Morgan fingerprint density at radius 3 is 2.80 bits per heavy atom. The lowest BCUT2D eigenvalue weighted by Gasteiger charge is -2.10. The van der Waals surface area contributed by atoms with E-state index < -0.39 is 0 Å². The van der Waals surface area contributed by atoms with Crippen LogP contribution in [0.25, 0.3) is 0 Å². The first-order valence-electron chi connectivity index (χ1n) is 9.41. The highest BCUT2D eigenvalue weighted by atomic mass is 35.5. The van der Waals surface area contributed by atoms with Crippen molar-refractivity contribution in [2.75, 3.05) is 5.75 Å². The van der Waals surface area contributed by atoms with Crippen LogP contribution in [0.5, 0.6) is 5.75 Å². The van der Waals surface area contributed by atoms with Crippen molar-refractivity contribution in [3.63, 3.8) is 0 Å². The molecule has 0 aliphatic carbocycles. The first-order chi connectivity index (χ1) is 14.5. The van der Waals surface area contributed by atoms with Crippen LogP contribution in [-0.4, -0.2) is 26.4 Å². The van der Waals surface area contributed by atoms with Gasteiger partial charge >= 0.3 is 0 Å². The van der Waals surface area contributed by atoms with Gasteiger partial charge in [-0.05, 0) is 42.3 Å². The number of carbonyl (C=O) groups is 1. The second-order valence-corrected chi connectivity index (χ2v) is 7.97. The van der Waals surface area contributed by atoms with Gasteiger partial charge in [-0.15, -0.1) is 16.8 Å². The fourth-order valence-electron chi connectivity index (χ4n) is 2.68. The minimum absolute atomic E-state index is 0.0827. The number of halogens is 1. The molecular formula is C22H23ClN4O2S. The van der Waals surface area contributed by atoms with Crippen molar-refractivity contribution in [3.05, 3.63) is 83.2 Å². The highest BCUT2D eigenvalue weighted by Crippen LogP contribution is 2.19. The highest BCUT2D eigenvalue weighted by molar-refractivity contribution is 7.99. The van der Waals surface area contributed by atoms with Crippen LogP contribution in [0.3, 0.4) is 0 Å². The van der Waals surface area contributed by atoms with E-state index in [1.54, 1.807) is 18.2 Å². The third-order valence-electron chi connectivity index (χ3n) is 4.20. The summed E-state index contributed by atoms with van der Waals surface area (Å²) in [6.07, 6.45) is 1.77. The SMILES string of the molecule is C=CCn1c(COc2cccc(C)c2)nnc1SCC(=O)NCc1ccc(Cl)cc1. The maximum Gasteiger partial charge on any atom is 0.230 e. The van der Waals surface area contributed by atoms with Crippen molar-refractivity contribution in [3.8, 4) is 5.75 Å². The molecule has 0 saturated heterocycles. The number of thioether (sulfide) groups is 1. The van der Waals surface area contributed by atoms with Crippen LogP contribution in [0.1, 0.15) is 17.0 Å². The van der Waals surface area contributed by atoms with Crippen LogP contribution in [0.15, 0.2) is 66.3 Å². The number of carbonyl (C=O) groups excluding carboxylic acids is 1. The Bertz CT molecular complexity index is 1000. The summed E-state index contributed by atoms with van der Waals surface area (Å²) < 4.78 is 7.74. The van der Waals surface area contributed by atoms with Crippen LogP contribution in [0.4, 0.5) is 0 Å². The first-order valence-corrected chi connectivity index (χ1v) is 10.8. The van der Waals surface area contributed by atoms with Gasteiger partial charge in [0.2, 0.25) is 5.91 Å². The third kappa shape index (κ3) is 6.37. The number of rotatable bonds is 10. The van der Waals surface area contributed by atoms with Crippen LogP contribution < -0.4 is 10.1 Å². The zero-order valence-electron chi connectivity index (χ0n) is 16.7. The van der Waals surface area contributed by atoms with E-state index in [1.165, 1.54) is 11.8 Å². The Morgan fingerprint density at radius 2 is 2.07 bits per heavy atom. The lowest BCUT2D eigenvalue weighted by molar-refractivity contribution is -0.118. The number of ether oxygens (including phenoxy) is 1. The van der Waals surface area contributed by atoms with E-state index >= 15 is 0 Å². The predicted molar refractivity (Wildman–Crippen MR) is 120 cm³/mol. The van der Waals surface area contributed by atoms with Gasteiger partial charge in [0.05, 0.1) is 5.75 Å². The summed E-state index contributed by atoms with van der Waals surface area (Å²) in [5.41, 5.74) is 2.11. The number of allylic oxidation sites excluding steroid dienone is 1. The summed E-state index contributed by atoms with van der Waals surface area (Å²) in [6.45, 7) is 7.08. The summed E-state index contributed by atoms with van der Waals surface area (Å²) in [7, 11) is 0. The predicted octanol–water partition coefficient (Wildman–Crippen LogP) is 4.41. The van der Waals surface area contributed by atoms with Crippen molar-refractivity contribution in [2.45, 2.75) is 31.8 Å². The number of nitrogens with one attached hydrogen (secondary N) is 1. The van der Waals surface area contributed by atoms with Gasteiger partial charge in [0.1, 0.15) is 12.4 Å². The summed E-state index contributed by atoms with van der Waals surface area (Å²) in [4.78, 5) is 12.2. The maximum atomic E-state index is 12.2. The molecule has 0 unspecified atom stereocenters. The normalized spacial score (nSPS) is 10.6. The molecule has 6 nitrogen and oxygen atoms in total. The molecule has 0 radical (unpaired) electrons. The summed E-state index contributed by atoms with van der Waals surface area (Å²) >= 11 is 7.21. The molecule has 0 aliphatic rings. The molecular weight excluding hydrogens is 420 g/mol. The Labute approximate surface area is 185 Å². The van der Waals surface area contributed by atoms with Crippen molar-refractivity contribution >= 4 is 29.3 Å². The zero-order valence-corrected chi connectivity index (χ0v) is 18.2. The number of hydrogen-bond acceptors (Lipinski definition) is 5. The largest absolute Gasteiger partial charge is 0.486 e. The number of benzene rings is 2. The molecule has 8 heteroatoms. The number of amides is 1. The lowest BCUT2D eigenvalue weighted by Crippen LogP contribution is -2.24. The van der Waals surface area contributed by atoms with E-state index in [2.05, 4.69) is 22.1 Å². The molecule has 156 valence electrons. The minimum atomic E-state index is -0.0827. The maximum absolute atomic E-state index is 12.2. The smallest absolute Gasteiger partial charge is 0.230 e. The molecule has 1 heterocycles. The molecule has 3 rings (SSSR count). The van der Waals surface area contributed by atoms with Crippen molar-refractivity contribution in [1.82, 2.24) is 20.1 Å². The monoisotopic (exact) mass is 442 g/mol. The number of nitrogens with zero attached hydrogens (tertiary/aromatic N) is 3. The van der Waals surface area contributed by atoms with E-state index in [1.807, 2.05) is 47.9 Å². The Hall–Kier alpha value is -2.77. The van der Waals surface area contributed by atoms with E-state index in [0.717, 1.165) is 16.9 Å². The van der Waals surface area contributed by atoms with E-state index in [0.29, 0.717) is 29.1 Å². The fraction of sp³-hybridized carbons (Fsp3) is 0.227. The number of aryl methyl sites for hydroxylation is 1. The van der Waals surface area contributed by atoms with Crippen LogP contribution in [0, 0.1) is 6.92 Å². The molecule has 0 aliphatic heterocycles. The minimum Gasteiger partial charge on any atom is -0.486 e. The average molecular weight is 443 g/mol. The summed E-state index contributed by atoms with van der Waals surface area (Å²) in [6, 6.07) is 15.2. The average Bonchev–Trinajstić information content (AvgIpc) is 3.12. The molecule has 1 amide bonds. The van der Waals surface area contributed by atoms with Crippen molar-refractivity contribution in [2.24, 2.45) is 0 Å². The van der Waals surface area contributed by atoms with Crippen LogP contribution >= 0.6 is 23.4 Å². The first kappa shape index (κ1) is 21.9. The van der Waals surface area contributed by atoms with Gasteiger partial charge in [-0.25, -0.2) is 0 Å². The molecule has 0 spiro atoms. The van der Waals surface area contributed by atoms with Crippen molar-refractivity contribution in [1.29, 1.82) is 0 Å². The van der Waals surface area contributed by atoms with Crippen LogP contribution in [0.2, 0.25) is 5.02 Å². The molecule has 3 aromatic rings. The van der Waals surface area contributed by atoms with Crippen LogP contribution in [-0.2, 0) is 24.5 Å².